The molecule has 2 heterocycles. The molecule has 1 aliphatic heterocycles. The Kier molecular flexibility index (Phi) is 4.27. The lowest BCUT2D eigenvalue weighted by Gasteiger charge is -2.18. The molecule has 2 aromatic rings. The average Bonchev–Trinajstić information content (AvgIpc) is 2.96. The van der Waals surface area contributed by atoms with Crippen LogP contribution in [0.25, 0.3) is 5.69 Å². The molecule has 1 aliphatic rings. The van der Waals surface area contributed by atoms with Crippen LogP contribution in [-0.4, -0.2) is 28.3 Å². The van der Waals surface area contributed by atoms with Gasteiger partial charge >= 0.3 is 0 Å². The first kappa shape index (κ1) is 14.1. The van der Waals surface area contributed by atoms with Crippen LogP contribution in [0.3, 0.4) is 0 Å². The number of hydrogen-bond donors (Lipinski definition) is 0. The Morgan fingerprint density at radius 2 is 1.95 bits per heavy atom. The molecule has 19 heavy (non-hydrogen) atoms. The van der Waals surface area contributed by atoms with E-state index in [1.807, 2.05) is 22.9 Å². The van der Waals surface area contributed by atoms with E-state index in [9.17, 15) is 0 Å². The minimum Gasteiger partial charge on any atom is -0.299 e. The summed E-state index contributed by atoms with van der Waals surface area (Å²) in [5, 5.41) is 4.65. The predicted octanol–water partition coefficient (Wildman–Crippen LogP) is 3.37. The third-order valence-corrected chi connectivity index (χ3v) is 3.84. The molecular formula is C15H20ClN3. The largest absolute Gasteiger partial charge is 0.299 e. The molecule has 1 aromatic heterocycles. The van der Waals surface area contributed by atoms with E-state index in [2.05, 4.69) is 42.3 Å². The summed E-state index contributed by atoms with van der Waals surface area (Å²) in [6.07, 6.45) is 4.73. The number of aryl methyl sites for hydroxylation is 1. The van der Waals surface area contributed by atoms with E-state index in [4.69, 9.17) is 0 Å². The lowest BCUT2D eigenvalue weighted by molar-refractivity contribution is 0.316. The molecule has 0 N–H and O–H groups in total. The first-order valence-electron chi connectivity index (χ1n) is 6.57. The second-order valence-corrected chi connectivity index (χ2v) is 5.09. The smallest absolute Gasteiger partial charge is 0.0646 e. The summed E-state index contributed by atoms with van der Waals surface area (Å²) in [5.74, 6) is 0. The van der Waals surface area contributed by atoms with E-state index >= 15 is 0 Å². The van der Waals surface area contributed by atoms with Gasteiger partial charge in [-0.25, -0.2) is 4.68 Å². The van der Waals surface area contributed by atoms with Crippen LogP contribution in [-0.2, 0) is 0 Å². The monoisotopic (exact) mass is 277 g/mol. The number of benzene rings is 1. The van der Waals surface area contributed by atoms with Crippen LogP contribution in [0.15, 0.2) is 36.5 Å². The highest BCUT2D eigenvalue weighted by Crippen LogP contribution is 2.32. The standard InChI is InChI=1S/C15H19N3.ClH/c1-12-14(15-9-6-10-17(15)2)11-18(16-12)13-7-4-3-5-8-13;/h3-5,7-8,11,15H,6,9-10H2,1-2H3;1H/t15-;/m0./s1. The second kappa shape index (κ2) is 5.76. The summed E-state index contributed by atoms with van der Waals surface area (Å²) in [6, 6.07) is 10.9. The van der Waals surface area contributed by atoms with Crippen molar-refractivity contribution in [2.75, 3.05) is 13.6 Å². The summed E-state index contributed by atoms with van der Waals surface area (Å²) in [5.41, 5.74) is 3.66. The third kappa shape index (κ3) is 2.67. The average molecular weight is 278 g/mol. The Hall–Kier alpha value is -1.32. The molecule has 0 radical (unpaired) electrons. The summed E-state index contributed by atoms with van der Waals surface area (Å²) >= 11 is 0. The number of aromatic nitrogens is 2. The molecule has 1 saturated heterocycles. The number of para-hydroxylation sites is 1. The van der Waals surface area contributed by atoms with Crippen LogP contribution < -0.4 is 0 Å². The van der Waals surface area contributed by atoms with Gasteiger partial charge in [0.15, 0.2) is 0 Å². The van der Waals surface area contributed by atoms with Crippen molar-refractivity contribution >= 4 is 12.4 Å². The van der Waals surface area contributed by atoms with E-state index in [0.717, 1.165) is 11.4 Å². The van der Waals surface area contributed by atoms with Crippen molar-refractivity contribution in [3.63, 3.8) is 0 Å². The second-order valence-electron chi connectivity index (χ2n) is 5.09. The van der Waals surface area contributed by atoms with E-state index < -0.39 is 0 Å². The van der Waals surface area contributed by atoms with Gasteiger partial charge < -0.3 is 0 Å². The van der Waals surface area contributed by atoms with Gasteiger partial charge in [-0.05, 0) is 45.5 Å². The highest BCUT2D eigenvalue weighted by molar-refractivity contribution is 5.85. The minimum absolute atomic E-state index is 0. The minimum atomic E-state index is 0. The molecule has 0 bridgehead atoms. The van der Waals surface area contributed by atoms with Crippen LogP contribution >= 0.6 is 12.4 Å². The number of rotatable bonds is 2. The topological polar surface area (TPSA) is 21.1 Å². The Labute approximate surface area is 120 Å². The zero-order chi connectivity index (χ0) is 12.5. The third-order valence-electron chi connectivity index (χ3n) is 3.84. The number of likely N-dealkylation sites (tertiary alicyclic amines) is 1. The van der Waals surface area contributed by atoms with Crippen molar-refractivity contribution in [3.05, 3.63) is 47.8 Å². The molecule has 3 rings (SSSR count). The van der Waals surface area contributed by atoms with Gasteiger partial charge in [0.25, 0.3) is 0 Å². The molecule has 3 nitrogen and oxygen atoms in total. The summed E-state index contributed by atoms with van der Waals surface area (Å²) in [7, 11) is 2.21. The van der Waals surface area contributed by atoms with Crippen molar-refractivity contribution in [3.8, 4) is 5.69 Å². The fourth-order valence-electron chi connectivity index (χ4n) is 2.82. The number of halogens is 1. The molecule has 1 atom stereocenters. The van der Waals surface area contributed by atoms with E-state index in [0.29, 0.717) is 6.04 Å². The van der Waals surface area contributed by atoms with Crippen molar-refractivity contribution in [2.24, 2.45) is 0 Å². The first-order valence-corrected chi connectivity index (χ1v) is 6.57. The highest BCUT2D eigenvalue weighted by Gasteiger charge is 2.25. The molecule has 1 fully saturated rings. The molecule has 0 aliphatic carbocycles. The van der Waals surface area contributed by atoms with Gasteiger partial charge in [-0.3, -0.25) is 4.90 Å². The quantitative estimate of drug-likeness (QED) is 0.839. The van der Waals surface area contributed by atoms with Crippen molar-refractivity contribution in [1.29, 1.82) is 0 Å². The maximum absolute atomic E-state index is 4.65. The zero-order valence-corrected chi connectivity index (χ0v) is 12.2. The van der Waals surface area contributed by atoms with Gasteiger partial charge in [-0.2, -0.15) is 5.10 Å². The molecule has 0 unspecified atom stereocenters. The molecule has 0 amide bonds. The predicted molar refractivity (Wildman–Crippen MR) is 80.2 cm³/mol. The Morgan fingerprint density at radius 3 is 2.58 bits per heavy atom. The van der Waals surface area contributed by atoms with Crippen LogP contribution in [0, 0.1) is 6.92 Å². The van der Waals surface area contributed by atoms with Crippen LogP contribution in [0.2, 0.25) is 0 Å². The SMILES string of the molecule is Cc1nn(-c2ccccc2)cc1[C@@H]1CCCN1C.Cl. The first-order chi connectivity index (χ1) is 8.75. The fraction of sp³-hybridized carbons (Fsp3) is 0.400. The van der Waals surface area contributed by atoms with E-state index in [1.165, 1.54) is 24.9 Å². The van der Waals surface area contributed by atoms with Crippen molar-refractivity contribution in [1.82, 2.24) is 14.7 Å². The fourth-order valence-corrected chi connectivity index (χ4v) is 2.82. The van der Waals surface area contributed by atoms with E-state index in [-0.39, 0.29) is 12.4 Å². The maximum atomic E-state index is 4.65. The van der Waals surface area contributed by atoms with Crippen LogP contribution in [0.4, 0.5) is 0 Å². The Bertz CT molecular complexity index is 536. The van der Waals surface area contributed by atoms with Gasteiger partial charge in [-0.15, -0.1) is 12.4 Å². The van der Waals surface area contributed by atoms with Crippen LogP contribution in [0.1, 0.15) is 30.1 Å². The maximum Gasteiger partial charge on any atom is 0.0646 e. The summed E-state index contributed by atoms with van der Waals surface area (Å²) in [6.45, 7) is 3.31. The normalized spacial score (nSPS) is 19.4. The van der Waals surface area contributed by atoms with Crippen molar-refractivity contribution < 1.29 is 0 Å². The zero-order valence-electron chi connectivity index (χ0n) is 11.4. The number of nitrogens with zero attached hydrogens (tertiary/aromatic N) is 3. The molecule has 0 spiro atoms. The Morgan fingerprint density at radius 1 is 1.21 bits per heavy atom. The summed E-state index contributed by atoms with van der Waals surface area (Å²) < 4.78 is 2.00. The molecule has 0 saturated carbocycles. The van der Waals surface area contributed by atoms with Crippen LogP contribution in [0.5, 0.6) is 0 Å². The lowest BCUT2D eigenvalue weighted by atomic mass is 10.1. The number of hydrogen-bond acceptors (Lipinski definition) is 2. The Balaban J connectivity index is 0.00000133. The van der Waals surface area contributed by atoms with Crippen molar-refractivity contribution in [2.45, 2.75) is 25.8 Å². The van der Waals surface area contributed by atoms with E-state index in [1.54, 1.807) is 0 Å². The summed E-state index contributed by atoms with van der Waals surface area (Å²) in [4.78, 5) is 2.43. The van der Waals surface area contributed by atoms with Gasteiger partial charge in [-0.1, -0.05) is 18.2 Å². The van der Waals surface area contributed by atoms with Gasteiger partial charge in [0.2, 0.25) is 0 Å². The molecular weight excluding hydrogens is 258 g/mol. The van der Waals surface area contributed by atoms with Gasteiger partial charge in [0.1, 0.15) is 0 Å². The van der Waals surface area contributed by atoms with Gasteiger partial charge in [0, 0.05) is 17.8 Å². The van der Waals surface area contributed by atoms with Gasteiger partial charge in [0.05, 0.1) is 11.4 Å². The highest BCUT2D eigenvalue weighted by atomic mass is 35.5. The molecule has 102 valence electrons. The molecule has 1 aromatic carbocycles. The lowest BCUT2D eigenvalue weighted by Crippen LogP contribution is -2.17. The molecule has 4 heteroatoms.